The maximum absolute atomic E-state index is 5.95. The fraction of sp³-hybridized carbons (Fsp3) is 0.214. The highest BCUT2D eigenvalue weighted by Crippen LogP contribution is 2.28. The number of benzene rings is 1. The van der Waals surface area contributed by atoms with Gasteiger partial charge in [-0.1, -0.05) is 23.7 Å². The van der Waals surface area contributed by atoms with Crippen molar-refractivity contribution in [3.8, 4) is 11.6 Å². The Bertz CT molecular complexity index is 570. The second kappa shape index (κ2) is 5.59. The van der Waals surface area contributed by atoms with Crippen LogP contribution in [0, 0.1) is 13.8 Å². The molecule has 0 atom stereocenters. The van der Waals surface area contributed by atoms with E-state index in [0.29, 0.717) is 16.8 Å². The lowest BCUT2D eigenvalue weighted by Gasteiger charge is -2.10. The fourth-order valence-electron chi connectivity index (χ4n) is 1.56. The summed E-state index contributed by atoms with van der Waals surface area (Å²) in [6.07, 6.45) is 1.56. The van der Waals surface area contributed by atoms with Crippen molar-refractivity contribution < 1.29 is 4.74 Å². The molecule has 2 rings (SSSR count). The highest BCUT2D eigenvalue weighted by atomic mass is 35.5. The third-order valence-electron chi connectivity index (χ3n) is 2.82. The average Bonchev–Trinajstić information content (AvgIpc) is 2.37. The number of halogens is 2. The summed E-state index contributed by atoms with van der Waals surface area (Å²) in [7, 11) is 0. The lowest BCUT2D eigenvalue weighted by Crippen LogP contribution is -1.93. The number of nitrogens with zero attached hydrogens (tertiary/aromatic N) is 1. The average molecular weight is 282 g/mol. The first kappa shape index (κ1) is 13.2. The molecule has 94 valence electrons. The number of aromatic nitrogens is 1. The van der Waals surface area contributed by atoms with Crippen molar-refractivity contribution in [1.29, 1.82) is 0 Å². The molecular formula is C14H13Cl2NO. The maximum Gasteiger partial charge on any atom is 0.219 e. The highest BCUT2D eigenvalue weighted by Gasteiger charge is 2.07. The number of hydrogen-bond acceptors (Lipinski definition) is 2. The van der Waals surface area contributed by atoms with Crippen molar-refractivity contribution in [2.45, 2.75) is 19.7 Å². The topological polar surface area (TPSA) is 22.1 Å². The van der Waals surface area contributed by atoms with E-state index in [2.05, 4.69) is 4.98 Å². The van der Waals surface area contributed by atoms with Gasteiger partial charge >= 0.3 is 0 Å². The van der Waals surface area contributed by atoms with Gasteiger partial charge in [-0.05, 0) is 36.6 Å². The Hall–Kier alpha value is -1.25. The van der Waals surface area contributed by atoms with Crippen LogP contribution in [0.4, 0.5) is 0 Å². The number of hydrogen-bond donors (Lipinski definition) is 0. The Labute approximate surface area is 117 Å². The summed E-state index contributed by atoms with van der Waals surface area (Å²) in [5.74, 6) is 1.64. The van der Waals surface area contributed by atoms with E-state index in [9.17, 15) is 0 Å². The number of ether oxygens (including phenoxy) is 1. The molecule has 0 saturated carbocycles. The van der Waals surface area contributed by atoms with Gasteiger partial charge in [0, 0.05) is 18.1 Å². The zero-order chi connectivity index (χ0) is 13.1. The van der Waals surface area contributed by atoms with Crippen LogP contribution in [0.1, 0.15) is 16.7 Å². The number of aryl methyl sites for hydroxylation is 1. The van der Waals surface area contributed by atoms with Crippen LogP contribution < -0.4 is 4.74 Å². The third-order valence-corrected chi connectivity index (χ3v) is 3.45. The molecule has 1 aromatic heterocycles. The molecule has 4 heteroatoms. The van der Waals surface area contributed by atoms with Crippen molar-refractivity contribution >= 4 is 23.2 Å². The van der Waals surface area contributed by atoms with E-state index in [0.717, 1.165) is 16.9 Å². The third kappa shape index (κ3) is 2.77. The fourth-order valence-corrected chi connectivity index (χ4v) is 2.02. The normalized spacial score (nSPS) is 10.4. The molecule has 0 bridgehead atoms. The minimum atomic E-state index is 0.338. The van der Waals surface area contributed by atoms with Gasteiger partial charge < -0.3 is 4.74 Å². The van der Waals surface area contributed by atoms with Crippen LogP contribution in [0.2, 0.25) is 5.02 Å². The standard InChI is InChI=1S/C14H13Cl2NO/c1-9-4-3-5-13(10(9)2)18-14-6-11(7-15)12(16)8-17-14/h3-6,8H,7H2,1-2H3. The maximum atomic E-state index is 5.95. The Kier molecular flexibility index (Phi) is 4.10. The Morgan fingerprint density at radius 3 is 2.78 bits per heavy atom. The predicted molar refractivity (Wildman–Crippen MR) is 74.8 cm³/mol. The molecule has 0 amide bonds. The number of alkyl halides is 1. The van der Waals surface area contributed by atoms with Gasteiger partial charge in [0.1, 0.15) is 5.75 Å². The van der Waals surface area contributed by atoms with Crippen LogP contribution in [-0.2, 0) is 5.88 Å². The van der Waals surface area contributed by atoms with Gasteiger partial charge in [-0.3, -0.25) is 0 Å². The Morgan fingerprint density at radius 2 is 2.06 bits per heavy atom. The summed E-state index contributed by atoms with van der Waals surface area (Å²) >= 11 is 11.7. The highest BCUT2D eigenvalue weighted by molar-refractivity contribution is 6.32. The molecule has 0 unspecified atom stereocenters. The van der Waals surface area contributed by atoms with Gasteiger partial charge in [-0.15, -0.1) is 11.6 Å². The van der Waals surface area contributed by atoms with Gasteiger partial charge in [0.15, 0.2) is 0 Å². The molecule has 2 nitrogen and oxygen atoms in total. The molecule has 0 radical (unpaired) electrons. The van der Waals surface area contributed by atoms with E-state index < -0.39 is 0 Å². The lowest BCUT2D eigenvalue weighted by atomic mass is 10.1. The van der Waals surface area contributed by atoms with Gasteiger partial charge in [0.05, 0.1) is 5.02 Å². The van der Waals surface area contributed by atoms with Crippen molar-refractivity contribution in [3.05, 3.63) is 52.2 Å². The summed E-state index contributed by atoms with van der Waals surface area (Å²) in [6.45, 7) is 4.06. The summed E-state index contributed by atoms with van der Waals surface area (Å²) in [5.41, 5.74) is 3.09. The molecule has 0 N–H and O–H groups in total. The van der Waals surface area contributed by atoms with Crippen LogP contribution in [0.25, 0.3) is 0 Å². The zero-order valence-corrected chi connectivity index (χ0v) is 11.7. The molecule has 0 fully saturated rings. The van der Waals surface area contributed by atoms with Crippen LogP contribution in [0.5, 0.6) is 11.6 Å². The van der Waals surface area contributed by atoms with Gasteiger partial charge in [-0.2, -0.15) is 0 Å². The van der Waals surface area contributed by atoms with E-state index in [1.165, 1.54) is 5.56 Å². The first-order valence-corrected chi connectivity index (χ1v) is 6.47. The quantitative estimate of drug-likeness (QED) is 0.748. The molecule has 2 aromatic rings. The molecule has 1 aromatic carbocycles. The van der Waals surface area contributed by atoms with Gasteiger partial charge in [0.2, 0.25) is 5.88 Å². The Morgan fingerprint density at radius 1 is 1.28 bits per heavy atom. The molecule has 0 saturated heterocycles. The lowest BCUT2D eigenvalue weighted by molar-refractivity contribution is 0.458. The predicted octanol–water partition coefficient (Wildman–Crippen LogP) is 4.88. The van der Waals surface area contributed by atoms with Crippen molar-refractivity contribution in [2.24, 2.45) is 0 Å². The zero-order valence-electron chi connectivity index (χ0n) is 10.2. The monoisotopic (exact) mass is 281 g/mol. The molecule has 0 spiro atoms. The molecule has 0 aliphatic rings. The van der Waals surface area contributed by atoms with Crippen molar-refractivity contribution in [3.63, 3.8) is 0 Å². The second-order valence-electron chi connectivity index (χ2n) is 4.05. The summed E-state index contributed by atoms with van der Waals surface area (Å²) in [6, 6.07) is 7.67. The molecule has 1 heterocycles. The van der Waals surface area contributed by atoms with Crippen LogP contribution in [-0.4, -0.2) is 4.98 Å². The first-order chi connectivity index (χ1) is 8.61. The second-order valence-corrected chi connectivity index (χ2v) is 4.72. The van der Waals surface area contributed by atoms with Crippen molar-refractivity contribution in [2.75, 3.05) is 0 Å². The van der Waals surface area contributed by atoms with Crippen molar-refractivity contribution in [1.82, 2.24) is 4.98 Å². The van der Waals surface area contributed by atoms with Gasteiger partial charge in [-0.25, -0.2) is 4.98 Å². The largest absolute Gasteiger partial charge is 0.439 e. The SMILES string of the molecule is Cc1cccc(Oc2cc(CCl)c(Cl)cn2)c1C. The van der Waals surface area contributed by atoms with E-state index in [1.807, 2.05) is 32.0 Å². The minimum Gasteiger partial charge on any atom is -0.439 e. The summed E-state index contributed by atoms with van der Waals surface area (Å²) in [5, 5.41) is 0.554. The van der Waals surface area contributed by atoms with E-state index >= 15 is 0 Å². The number of rotatable bonds is 3. The van der Waals surface area contributed by atoms with Crippen LogP contribution in [0.3, 0.4) is 0 Å². The molecule has 0 aliphatic heterocycles. The smallest absolute Gasteiger partial charge is 0.219 e. The number of pyridine rings is 1. The summed E-state index contributed by atoms with van der Waals surface area (Å²) < 4.78 is 5.76. The van der Waals surface area contributed by atoms with Gasteiger partial charge in [0.25, 0.3) is 0 Å². The summed E-state index contributed by atoms with van der Waals surface area (Å²) in [4.78, 5) is 4.14. The van der Waals surface area contributed by atoms with E-state index in [-0.39, 0.29) is 0 Å². The molecule has 18 heavy (non-hydrogen) atoms. The molecule has 0 aliphatic carbocycles. The van der Waals surface area contributed by atoms with E-state index in [1.54, 1.807) is 12.3 Å². The van der Waals surface area contributed by atoms with Crippen LogP contribution in [0.15, 0.2) is 30.5 Å². The Balaban J connectivity index is 2.31. The minimum absolute atomic E-state index is 0.338. The first-order valence-electron chi connectivity index (χ1n) is 5.56. The van der Waals surface area contributed by atoms with E-state index in [4.69, 9.17) is 27.9 Å². The van der Waals surface area contributed by atoms with Crippen LogP contribution >= 0.6 is 23.2 Å². The molecular weight excluding hydrogens is 269 g/mol.